The number of aryl methyl sites for hydroxylation is 1. The minimum atomic E-state index is 0. The summed E-state index contributed by atoms with van der Waals surface area (Å²) in [6, 6.07) is 24.1. The Morgan fingerprint density at radius 2 is 1.77 bits per heavy atom. The molecule has 4 rings (SSSR count). The van der Waals surface area contributed by atoms with Crippen LogP contribution < -0.4 is 62.0 Å². The summed E-state index contributed by atoms with van der Waals surface area (Å²) in [5, 5.41) is 7.73. The summed E-state index contributed by atoms with van der Waals surface area (Å²) in [7, 11) is 0. The minimum Gasteiger partial charge on any atom is -0.698 e. The molecule has 0 saturated heterocycles. The van der Waals surface area contributed by atoms with E-state index in [1.807, 2.05) is 54.6 Å². The largest absolute Gasteiger partial charge is 1.00 e. The van der Waals surface area contributed by atoms with Crippen LogP contribution in [0.25, 0.3) is 27.8 Å². The second-order valence-corrected chi connectivity index (χ2v) is 7.03. The zero-order chi connectivity index (χ0) is 20.2. The Balaban J connectivity index is 0.00000256. The third-order valence-electron chi connectivity index (χ3n) is 4.94. The number of nitrogens with zero attached hydrogens (tertiary/aromatic N) is 1. The van der Waals surface area contributed by atoms with Crippen LogP contribution in [0.2, 0.25) is 0 Å². The van der Waals surface area contributed by atoms with Crippen LogP contribution >= 0.6 is 0 Å². The van der Waals surface area contributed by atoms with Crippen molar-refractivity contribution in [1.82, 2.24) is 10.3 Å². The maximum atomic E-state index is 8.29. The Morgan fingerprint density at radius 3 is 2.60 bits per heavy atom. The molecule has 0 saturated carbocycles. The molecule has 3 N–H and O–H groups in total. The number of benzene rings is 3. The van der Waals surface area contributed by atoms with E-state index in [0.29, 0.717) is 18.1 Å². The van der Waals surface area contributed by atoms with Crippen molar-refractivity contribution in [3.63, 3.8) is 0 Å². The number of hydrogen-bond acceptors (Lipinski definition) is 3. The van der Waals surface area contributed by atoms with Crippen molar-refractivity contribution in [2.75, 3.05) is 5.32 Å². The van der Waals surface area contributed by atoms with E-state index in [-0.39, 0.29) is 51.4 Å². The van der Waals surface area contributed by atoms with Gasteiger partial charge in [-0.15, -0.1) is 5.69 Å². The van der Waals surface area contributed by atoms with Gasteiger partial charge in [0.2, 0.25) is 0 Å². The van der Waals surface area contributed by atoms with E-state index in [4.69, 9.17) is 5.73 Å². The van der Waals surface area contributed by atoms with E-state index >= 15 is 0 Å². The van der Waals surface area contributed by atoms with Gasteiger partial charge in [-0.2, -0.15) is 0 Å². The topological polar surface area (TPSA) is 60.8 Å². The van der Waals surface area contributed by atoms with Crippen LogP contribution in [0.3, 0.4) is 0 Å². The second-order valence-electron chi connectivity index (χ2n) is 7.03. The molecule has 4 aromatic rings. The summed E-state index contributed by atoms with van der Waals surface area (Å²) >= 11 is 0. The van der Waals surface area contributed by atoms with E-state index in [9.17, 15) is 0 Å². The van der Waals surface area contributed by atoms with Crippen LogP contribution in [0.1, 0.15) is 11.1 Å². The Bertz CT molecular complexity index is 1180. The molecular formula is C25H23KN4. The van der Waals surface area contributed by atoms with Gasteiger partial charge in [-0.25, -0.2) is 0 Å². The first-order chi connectivity index (χ1) is 14.1. The van der Waals surface area contributed by atoms with Gasteiger partial charge in [-0.05, 0) is 41.3 Å². The van der Waals surface area contributed by atoms with Crippen LogP contribution in [-0.2, 0) is 6.54 Å². The Morgan fingerprint density at radius 1 is 0.967 bits per heavy atom. The maximum absolute atomic E-state index is 8.29. The van der Waals surface area contributed by atoms with E-state index in [2.05, 4.69) is 47.3 Å². The van der Waals surface area contributed by atoms with E-state index < -0.39 is 0 Å². The molecule has 3 aromatic carbocycles. The predicted molar refractivity (Wildman–Crippen MR) is 122 cm³/mol. The number of anilines is 1. The van der Waals surface area contributed by atoms with E-state index in [0.717, 1.165) is 33.3 Å². The second kappa shape index (κ2) is 10.2. The minimum absolute atomic E-state index is 0. The van der Waals surface area contributed by atoms with Gasteiger partial charge in [0.1, 0.15) is 0 Å². The standard InChI is InChI=1S/C25H23N4.K/c1-17-7-3-4-10-21(17)22-15-19(12-13-23(22)26)16-28-18(2)29-24-11-5-8-20-9-6-14-27-25(20)24;/h3-15,26,28-29H,2,16H2,1H3;/q-1;+1. The first kappa shape index (κ1) is 22.5. The molecule has 4 nitrogen and oxygen atoms in total. The SMILES string of the molecule is C=C(NCc1ccc([NH-])c(-c2ccccc2C)c1)Nc1cccc2cccnc12.[K+]. The molecule has 0 aliphatic heterocycles. The monoisotopic (exact) mass is 418 g/mol. The molecule has 0 unspecified atom stereocenters. The molecule has 5 heteroatoms. The molecule has 1 aromatic heterocycles. The van der Waals surface area contributed by atoms with Crippen molar-refractivity contribution in [2.24, 2.45) is 0 Å². The van der Waals surface area contributed by atoms with Gasteiger partial charge in [-0.1, -0.05) is 67.2 Å². The van der Waals surface area contributed by atoms with Crippen LogP contribution in [0.15, 0.2) is 91.4 Å². The fourth-order valence-electron chi connectivity index (χ4n) is 3.42. The third-order valence-corrected chi connectivity index (χ3v) is 4.94. The molecular weight excluding hydrogens is 395 g/mol. The number of nitrogens with one attached hydrogen (secondary N) is 3. The first-order valence-corrected chi connectivity index (χ1v) is 9.56. The van der Waals surface area contributed by atoms with Crippen molar-refractivity contribution in [3.8, 4) is 11.1 Å². The number of hydrogen-bond donors (Lipinski definition) is 2. The van der Waals surface area contributed by atoms with Gasteiger partial charge in [0, 0.05) is 18.1 Å². The van der Waals surface area contributed by atoms with Gasteiger partial charge in [0.25, 0.3) is 0 Å². The van der Waals surface area contributed by atoms with Crippen molar-refractivity contribution >= 4 is 22.3 Å². The van der Waals surface area contributed by atoms with Gasteiger partial charge in [-0.3, -0.25) is 4.98 Å². The summed E-state index contributed by atoms with van der Waals surface area (Å²) < 4.78 is 0. The van der Waals surface area contributed by atoms with Crippen molar-refractivity contribution in [3.05, 3.63) is 108 Å². The van der Waals surface area contributed by atoms with E-state index in [1.165, 1.54) is 5.56 Å². The quantitative estimate of drug-likeness (QED) is 0.471. The summed E-state index contributed by atoms with van der Waals surface area (Å²) in [6.07, 6.45) is 1.79. The molecule has 0 bridgehead atoms. The third kappa shape index (κ3) is 5.12. The molecule has 0 aliphatic carbocycles. The molecule has 0 aliphatic rings. The summed E-state index contributed by atoms with van der Waals surface area (Å²) in [4.78, 5) is 4.46. The molecule has 144 valence electrons. The number of pyridine rings is 1. The fraction of sp³-hybridized carbons (Fsp3) is 0.0800. The van der Waals surface area contributed by atoms with Crippen LogP contribution in [-0.4, -0.2) is 4.98 Å². The Labute approximate surface area is 220 Å². The number of fused-ring (bicyclic) bond motifs is 1. The number of aromatic nitrogens is 1. The van der Waals surface area contributed by atoms with Crippen LogP contribution in [0, 0.1) is 6.92 Å². The Hall–Kier alpha value is -2.15. The molecule has 1 heterocycles. The van der Waals surface area contributed by atoms with Crippen LogP contribution in [0.4, 0.5) is 11.4 Å². The first-order valence-electron chi connectivity index (χ1n) is 9.56. The van der Waals surface area contributed by atoms with Crippen LogP contribution in [0.5, 0.6) is 0 Å². The molecule has 0 radical (unpaired) electrons. The van der Waals surface area contributed by atoms with Crippen molar-refractivity contribution < 1.29 is 51.4 Å². The molecule has 0 spiro atoms. The normalized spacial score (nSPS) is 10.3. The summed E-state index contributed by atoms with van der Waals surface area (Å²) in [6.45, 7) is 6.78. The predicted octanol–water partition coefficient (Wildman–Crippen LogP) is 3.57. The smallest absolute Gasteiger partial charge is 0.698 e. The summed E-state index contributed by atoms with van der Waals surface area (Å²) in [5.41, 5.74) is 15.0. The van der Waals surface area contributed by atoms with Gasteiger partial charge in [0.15, 0.2) is 0 Å². The van der Waals surface area contributed by atoms with E-state index in [1.54, 1.807) is 6.20 Å². The van der Waals surface area contributed by atoms with Gasteiger partial charge < -0.3 is 16.4 Å². The number of para-hydroxylation sites is 1. The average Bonchev–Trinajstić information content (AvgIpc) is 2.74. The zero-order valence-corrected chi connectivity index (χ0v) is 20.5. The van der Waals surface area contributed by atoms with Crippen molar-refractivity contribution in [2.45, 2.75) is 13.5 Å². The average molecular weight is 419 g/mol. The summed E-state index contributed by atoms with van der Waals surface area (Å²) in [5.74, 6) is 0.704. The van der Waals surface area contributed by atoms with Gasteiger partial charge in [0.05, 0.1) is 17.0 Å². The zero-order valence-electron chi connectivity index (χ0n) is 17.4. The maximum Gasteiger partial charge on any atom is 1.00 e. The molecule has 0 atom stereocenters. The fourth-order valence-corrected chi connectivity index (χ4v) is 3.42. The molecule has 0 amide bonds. The number of rotatable bonds is 6. The molecule has 0 fully saturated rings. The van der Waals surface area contributed by atoms with Crippen molar-refractivity contribution in [1.29, 1.82) is 0 Å². The molecule has 30 heavy (non-hydrogen) atoms. The van der Waals surface area contributed by atoms with Gasteiger partial charge >= 0.3 is 51.4 Å². The Kier molecular flexibility index (Phi) is 7.69.